The minimum Gasteiger partial charge on any atom is -0.494 e. The van der Waals surface area contributed by atoms with Crippen molar-refractivity contribution in [1.29, 1.82) is 0 Å². The lowest BCUT2D eigenvalue weighted by molar-refractivity contribution is 0.340. The Balaban J connectivity index is 1.59. The van der Waals surface area contributed by atoms with E-state index in [0.29, 0.717) is 29.6 Å². The summed E-state index contributed by atoms with van der Waals surface area (Å²) in [7, 11) is 0. The molecule has 1 aromatic carbocycles. The number of fused-ring (bicyclic) bond motifs is 1. The smallest absolute Gasteiger partial charge is 0.273 e. The predicted molar refractivity (Wildman–Crippen MR) is 99.9 cm³/mol. The summed E-state index contributed by atoms with van der Waals surface area (Å²) in [5.74, 6) is 2.14. The molecule has 1 aliphatic rings. The highest BCUT2D eigenvalue weighted by Crippen LogP contribution is 2.41. The van der Waals surface area contributed by atoms with Crippen molar-refractivity contribution in [3.05, 3.63) is 58.7 Å². The number of rotatable bonds is 5. The molecule has 1 N–H and O–H groups in total. The van der Waals surface area contributed by atoms with Gasteiger partial charge in [-0.25, -0.2) is 9.50 Å². The van der Waals surface area contributed by atoms with Crippen LogP contribution in [0.3, 0.4) is 0 Å². The largest absolute Gasteiger partial charge is 0.494 e. The topological polar surface area (TPSA) is 85.4 Å². The van der Waals surface area contributed by atoms with Crippen molar-refractivity contribution in [2.24, 2.45) is 0 Å². The van der Waals surface area contributed by atoms with Crippen LogP contribution < -0.4 is 10.3 Å². The third-order valence-electron chi connectivity index (χ3n) is 4.74. The lowest BCUT2D eigenvalue weighted by Crippen LogP contribution is -2.14. The fourth-order valence-electron chi connectivity index (χ4n) is 3.19. The molecule has 136 valence electrons. The van der Waals surface area contributed by atoms with Crippen molar-refractivity contribution in [3.8, 4) is 28.3 Å². The van der Waals surface area contributed by atoms with Gasteiger partial charge in [0.1, 0.15) is 22.9 Å². The molecule has 0 spiro atoms. The lowest BCUT2D eigenvalue weighted by Gasteiger charge is -2.04. The molecule has 4 aromatic rings. The summed E-state index contributed by atoms with van der Waals surface area (Å²) >= 11 is 0. The van der Waals surface area contributed by atoms with Gasteiger partial charge < -0.3 is 9.26 Å². The molecule has 0 aliphatic heterocycles. The first-order valence-electron chi connectivity index (χ1n) is 9.04. The second-order valence-electron chi connectivity index (χ2n) is 6.67. The van der Waals surface area contributed by atoms with E-state index in [1.54, 1.807) is 6.20 Å². The molecule has 1 aliphatic carbocycles. The van der Waals surface area contributed by atoms with E-state index in [4.69, 9.17) is 9.26 Å². The molecule has 27 heavy (non-hydrogen) atoms. The second kappa shape index (κ2) is 6.12. The van der Waals surface area contributed by atoms with Crippen LogP contribution in [0, 0.1) is 0 Å². The van der Waals surface area contributed by atoms with Gasteiger partial charge in [0, 0.05) is 29.8 Å². The molecule has 0 radical (unpaired) electrons. The standard InChI is InChI=1S/C20H18N4O3/c1-2-26-14-7-5-12(6-8-14)15-11-21-24-19(25)10-16(22-20(15)24)17-9-18(27-23-17)13-3-4-13/h5-11,13,21H,2-4H2,1H3. The zero-order valence-corrected chi connectivity index (χ0v) is 14.8. The number of hydrogen-bond acceptors (Lipinski definition) is 5. The Kier molecular flexibility index (Phi) is 3.60. The summed E-state index contributed by atoms with van der Waals surface area (Å²) in [5, 5.41) is 7.08. The van der Waals surface area contributed by atoms with Crippen LogP contribution in [0.2, 0.25) is 0 Å². The maximum atomic E-state index is 12.5. The fourth-order valence-corrected chi connectivity index (χ4v) is 3.19. The van der Waals surface area contributed by atoms with Crippen LogP contribution in [0.25, 0.3) is 28.2 Å². The summed E-state index contributed by atoms with van der Waals surface area (Å²) in [6.07, 6.45) is 4.04. The Morgan fingerprint density at radius 3 is 2.78 bits per heavy atom. The first kappa shape index (κ1) is 15.9. The average molecular weight is 362 g/mol. The van der Waals surface area contributed by atoms with Gasteiger partial charge in [0.15, 0.2) is 5.65 Å². The lowest BCUT2D eigenvalue weighted by atomic mass is 10.1. The maximum absolute atomic E-state index is 12.5. The Labute approximate surface area is 154 Å². The number of H-pyrrole nitrogens is 1. The van der Waals surface area contributed by atoms with E-state index in [0.717, 1.165) is 35.5 Å². The first-order valence-corrected chi connectivity index (χ1v) is 9.04. The van der Waals surface area contributed by atoms with Gasteiger partial charge in [0.2, 0.25) is 0 Å². The third kappa shape index (κ3) is 2.81. The van der Waals surface area contributed by atoms with Gasteiger partial charge in [-0.3, -0.25) is 9.89 Å². The van der Waals surface area contributed by atoms with E-state index < -0.39 is 0 Å². The Morgan fingerprint density at radius 1 is 1.22 bits per heavy atom. The number of ether oxygens (including phenoxy) is 1. The van der Waals surface area contributed by atoms with Crippen molar-refractivity contribution in [3.63, 3.8) is 0 Å². The van der Waals surface area contributed by atoms with Crippen LogP contribution in [-0.4, -0.2) is 26.4 Å². The fraction of sp³-hybridized carbons (Fsp3) is 0.250. The number of aromatic nitrogens is 4. The molecule has 0 amide bonds. The van der Waals surface area contributed by atoms with E-state index in [1.165, 1.54) is 10.6 Å². The van der Waals surface area contributed by atoms with Gasteiger partial charge >= 0.3 is 0 Å². The van der Waals surface area contributed by atoms with Crippen molar-refractivity contribution < 1.29 is 9.26 Å². The predicted octanol–water partition coefficient (Wildman–Crippen LogP) is 3.62. The van der Waals surface area contributed by atoms with Crippen LogP contribution in [0.15, 0.2) is 51.9 Å². The first-order chi connectivity index (χ1) is 13.2. The number of nitrogens with zero attached hydrogens (tertiary/aromatic N) is 3. The molecule has 0 bridgehead atoms. The normalized spacial score (nSPS) is 14.0. The zero-order valence-electron chi connectivity index (χ0n) is 14.8. The molecule has 0 saturated heterocycles. The van der Waals surface area contributed by atoms with Crippen molar-refractivity contribution in [1.82, 2.24) is 19.8 Å². The molecule has 3 heterocycles. The van der Waals surface area contributed by atoms with Crippen molar-refractivity contribution >= 4 is 5.65 Å². The van der Waals surface area contributed by atoms with E-state index in [-0.39, 0.29) is 5.56 Å². The minimum atomic E-state index is -0.192. The SMILES string of the molecule is CCOc1ccc(-c2c[nH]n3c(=O)cc(-c4cc(C5CC5)on4)nc23)cc1. The summed E-state index contributed by atoms with van der Waals surface area (Å²) in [5.41, 5.74) is 3.25. The van der Waals surface area contributed by atoms with Gasteiger partial charge in [-0.2, -0.15) is 0 Å². The van der Waals surface area contributed by atoms with Crippen molar-refractivity contribution in [2.75, 3.05) is 6.61 Å². The molecule has 3 aromatic heterocycles. The molecule has 1 fully saturated rings. The summed E-state index contributed by atoms with van der Waals surface area (Å²) < 4.78 is 12.3. The molecule has 7 nitrogen and oxygen atoms in total. The summed E-state index contributed by atoms with van der Waals surface area (Å²) in [6, 6.07) is 11.1. The van der Waals surface area contributed by atoms with E-state index in [9.17, 15) is 4.79 Å². The number of aromatic amines is 1. The van der Waals surface area contributed by atoms with E-state index >= 15 is 0 Å². The molecule has 0 atom stereocenters. The number of benzene rings is 1. The molecular formula is C20H18N4O3. The molecule has 1 saturated carbocycles. The van der Waals surface area contributed by atoms with Crippen molar-refractivity contribution in [2.45, 2.75) is 25.7 Å². The van der Waals surface area contributed by atoms with Gasteiger partial charge in [-0.05, 0) is 37.5 Å². The highest BCUT2D eigenvalue weighted by molar-refractivity contribution is 5.78. The Hall–Kier alpha value is -3.35. The number of nitrogens with one attached hydrogen (secondary N) is 1. The Bertz CT molecular complexity index is 1170. The monoisotopic (exact) mass is 362 g/mol. The summed E-state index contributed by atoms with van der Waals surface area (Å²) in [6.45, 7) is 2.57. The van der Waals surface area contributed by atoms with E-state index in [1.807, 2.05) is 37.3 Å². The minimum absolute atomic E-state index is 0.192. The maximum Gasteiger partial charge on any atom is 0.273 e. The highest BCUT2D eigenvalue weighted by Gasteiger charge is 2.28. The molecule has 0 unspecified atom stereocenters. The number of hydrogen-bond donors (Lipinski definition) is 1. The van der Waals surface area contributed by atoms with E-state index in [2.05, 4.69) is 15.2 Å². The third-order valence-corrected chi connectivity index (χ3v) is 4.74. The molecule has 7 heteroatoms. The van der Waals surface area contributed by atoms with Gasteiger partial charge in [0.25, 0.3) is 5.56 Å². The van der Waals surface area contributed by atoms with Gasteiger partial charge in [-0.15, -0.1) is 0 Å². The molecular weight excluding hydrogens is 344 g/mol. The van der Waals surface area contributed by atoms with Crippen LogP contribution in [0.5, 0.6) is 5.75 Å². The van der Waals surface area contributed by atoms with Gasteiger partial charge in [0.05, 0.1) is 6.61 Å². The zero-order chi connectivity index (χ0) is 18.4. The quantitative estimate of drug-likeness (QED) is 0.586. The van der Waals surface area contributed by atoms with Crippen LogP contribution in [-0.2, 0) is 0 Å². The molecule has 5 rings (SSSR count). The highest BCUT2D eigenvalue weighted by atomic mass is 16.5. The average Bonchev–Trinajstić information content (AvgIpc) is 3.25. The second-order valence-corrected chi connectivity index (χ2v) is 6.67. The van der Waals surface area contributed by atoms with Crippen LogP contribution >= 0.6 is 0 Å². The van der Waals surface area contributed by atoms with Crippen LogP contribution in [0.4, 0.5) is 0 Å². The van der Waals surface area contributed by atoms with Gasteiger partial charge in [-0.1, -0.05) is 17.3 Å². The summed E-state index contributed by atoms with van der Waals surface area (Å²) in [4.78, 5) is 17.2. The van der Waals surface area contributed by atoms with Crippen LogP contribution in [0.1, 0.15) is 31.4 Å². The Morgan fingerprint density at radius 2 is 2.04 bits per heavy atom.